The molecule has 0 radical (unpaired) electrons. The molecule has 0 bridgehead atoms. The van der Waals surface area contributed by atoms with Gasteiger partial charge in [0.2, 0.25) is 0 Å². The second kappa shape index (κ2) is 5.03. The van der Waals surface area contributed by atoms with Crippen molar-refractivity contribution in [3.63, 3.8) is 0 Å². The van der Waals surface area contributed by atoms with Crippen LogP contribution < -0.4 is 5.73 Å². The van der Waals surface area contributed by atoms with Crippen LogP contribution in [-0.2, 0) is 0 Å². The summed E-state index contributed by atoms with van der Waals surface area (Å²) >= 11 is 0. The Hall–Kier alpha value is -2.11. The van der Waals surface area contributed by atoms with Crippen LogP contribution in [0, 0.1) is 17.0 Å². The molecule has 0 atom stereocenters. The molecule has 1 aromatic carbocycles. The van der Waals surface area contributed by atoms with Gasteiger partial charge in [0, 0.05) is 19.2 Å². The molecule has 0 aliphatic rings. The summed E-state index contributed by atoms with van der Waals surface area (Å²) in [6.07, 6.45) is 0. The number of benzene rings is 1. The average Bonchev–Trinajstić information content (AvgIpc) is 2.29. The minimum absolute atomic E-state index is 0.00327. The Morgan fingerprint density at radius 3 is 2.44 bits per heavy atom. The van der Waals surface area contributed by atoms with Gasteiger partial charge in [-0.3, -0.25) is 14.9 Å². The molecular weight excluding hydrogens is 234 g/mol. The van der Waals surface area contributed by atoms with Gasteiger partial charge >= 0.3 is 0 Å². The molecule has 0 saturated heterocycles. The largest absolute Gasteiger partial charge is 0.393 e. The highest BCUT2D eigenvalue weighted by Crippen LogP contribution is 2.28. The fraction of sp³-hybridized carbons (Fsp3) is 0.417. The zero-order valence-corrected chi connectivity index (χ0v) is 10.9. The van der Waals surface area contributed by atoms with E-state index in [2.05, 4.69) is 0 Å². The molecule has 0 fully saturated rings. The number of nitrogen functional groups attached to an aromatic ring is 1. The number of amides is 1. The molecule has 6 nitrogen and oxygen atoms in total. The van der Waals surface area contributed by atoms with E-state index >= 15 is 0 Å². The number of hydrogen-bond acceptors (Lipinski definition) is 4. The second-order valence-corrected chi connectivity index (χ2v) is 4.51. The Balaban J connectivity index is 3.33. The third kappa shape index (κ3) is 2.58. The highest BCUT2D eigenvalue weighted by atomic mass is 16.6. The van der Waals surface area contributed by atoms with E-state index in [-0.39, 0.29) is 28.9 Å². The summed E-state index contributed by atoms with van der Waals surface area (Å²) < 4.78 is 0. The highest BCUT2D eigenvalue weighted by Gasteiger charge is 2.23. The highest BCUT2D eigenvalue weighted by molar-refractivity contribution is 6.01. The number of nitrogens with two attached hydrogens (primary N) is 1. The molecule has 98 valence electrons. The molecule has 1 amide bonds. The van der Waals surface area contributed by atoms with E-state index < -0.39 is 4.92 Å². The van der Waals surface area contributed by atoms with E-state index in [0.717, 1.165) is 0 Å². The second-order valence-electron chi connectivity index (χ2n) is 4.51. The van der Waals surface area contributed by atoms with Crippen LogP contribution in [0.1, 0.15) is 29.8 Å². The molecule has 0 aliphatic carbocycles. The summed E-state index contributed by atoms with van der Waals surface area (Å²) in [5, 5.41) is 10.9. The van der Waals surface area contributed by atoms with Crippen molar-refractivity contribution >= 4 is 17.3 Å². The number of nitrogens with zero attached hydrogens (tertiary/aromatic N) is 2. The molecule has 0 saturated carbocycles. The number of anilines is 1. The number of nitro groups is 1. The summed E-state index contributed by atoms with van der Waals surface area (Å²) in [5.41, 5.74) is 6.21. The Bertz CT molecular complexity index is 498. The summed E-state index contributed by atoms with van der Waals surface area (Å²) in [4.78, 5) is 23.9. The quantitative estimate of drug-likeness (QED) is 0.505. The van der Waals surface area contributed by atoms with Crippen LogP contribution >= 0.6 is 0 Å². The maximum atomic E-state index is 12.2. The molecule has 1 aromatic rings. The SMILES string of the molecule is Cc1cc(C(=O)N(C)C(C)C)c(N)c([N+](=O)[O-])c1. The molecule has 0 aromatic heterocycles. The molecule has 0 heterocycles. The lowest BCUT2D eigenvalue weighted by molar-refractivity contribution is -0.384. The molecule has 0 aliphatic heterocycles. The van der Waals surface area contributed by atoms with Crippen LogP contribution in [0.2, 0.25) is 0 Å². The van der Waals surface area contributed by atoms with Gasteiger partial charge in [0.1, 0.15) is 5.69 Å². The number of carbonyl (C=O) groups excluding carboxylic acids is 1. The molecule has 0 unspecified atom stereocenters. The van der Waals surface area contributed by atoms with Crippen molar-refractivity contribution < 1.29 is 9.72 Å². The monoisotopic (exact) mass is 251 g/mol. The summed E-state index contributed by atoms with van der Waals surface area (Å²) in [6.45, 7) is 5.41. The van der Waals surface area contributed by atoms with Crippen LogP contribution in [0.3, 0.4) is 0 Å². The topological polar surface area (TPSA) is 89.5 Å². The van der Waals surface area contributed by atoms with Crippen molar-refractivity contribution in [2.45, 2.75) is 26.8 Å². The normalized spacial score (nSPS) is 10.5. The van der Waals surface area contributed by atoms with Gasteiger partial charge in [-0.1, -0.05) is 0 Å². The first kappa shape index (κ1) is 14.0. The van der Waals surface area contributed by atoms with Gasteiger partial charge in [0.15, 0.2) is 0 Å². The van der Waals surface area contributed by atoms with Gasteiger partial charge in [-0.05, 0) is 32.4 Å². The van der Waals surface area contributed by atoms with Gasteiger partial charge in [0.25, 0.3) is 11.6 Å². The molecular formula is C12H17N3O3. The number of aryl methyl sites for hydroxylation is 1. The van der Waals surface area contributed by atoms with Crippen LogP contribution in [-0.4, -0.2) is 28.8 Å². The third-order valence-corrected chi connectivity index (χ3v) is 2.82. The number of nitro benzene ring substituents is 1. The van der Waals surface area contributed by atoms with E-state index in [9.17, 15) is 14.9 Å². The predicted molar refractivity (Wildman–Crippen MR) is 69.5 cm³/mol. The van der Waals surface area contributed by atoms with Gasteiger partial charge in [-0.25, -0.2) is 0 Å². The third-order valence-electron chi connectivity index (χ3n) is 2.82. The lowest BCUT2D eigenvalue weighted by Crippen LogP contribution is -2.33. The van der Waals surface area contributed by atoms with Crippen LogP contribution in [0.5, 0.6) is 0 Å². The number of carbonyl (C=O) groups is 1. The van der Waals surface area contributed by atoms with Crippen molar-refractivity contribution in [3.05, 3.63) is 33.4 Å². The summed E-state index contributed by atoms with van der Waals surface area (Å²) in [7, 11) is 1.64. The Morgan fingerprint density at radius 2 is 2.00 bits per heavy atom. The van der Waals surface area contributed by atoms with Crippen molar-refractivity contribution in [2.75, 3.05) is 12.8 Å². The Morgan fingerprint density at radius 1 is 1.44 bits per heavy atom. The van der Waals surface area contributed by atoms with Crippen molar-refractivity contribution in [1.29, 1.82) is 0 Å². The molecule has 2 N–H and O–H groups in total. The van der Waals surface area contributed by atoms with Crippen LogP contribution in [0.15, 0.2) is 12.1 Å². The average molecular weight is 251 g/mol. The maximum absolute atomic E-state index is 12.2. The van der Waals surface area contributed by atoms with Gasteiger partial charge in [-0.15, -0.1) is 0 Å². The van der Waals surface area contributed by atoms with E-state index in [1.54, 1.807) is 20.0 Å². The van der Waals surface area contributed by atoms with Crippen molar-refractivity contribution in [1.82, 2.24) is 4.90 Å². The zero-order chi connectivity index (χ0) is 14.0. The minimum Gasteiger partial charge on any atom is -0.393 e. The van der Waals surface area contributed by atoms with Gasteiger partial charge in [0.05, 0.1) is 10.5 Å². The molecule has 1 rings (SSSR count). The fourth-order valence-electron chi connectivity index (χ4n) is 1.53. The van der Waals surface area contributed by atoms with E-state index in [1.807, 2.05) is 13.8 Å². The summed E-state index contributed by atoms with van der Waals surface area (Å²) in [6, 6.07) is 2.93. The van der Waals surface area contributed by atoms with E-state index in [0.29, 0.717) is 5.56 Å². The zero-order valence-electron chi connectivity index (χ0n) is 10.9. The smallest absolute Gasteiger partial charge is 0.293 e. The first-order valence-corrected chi connectivity index (χ1v) is 5.57. The van der Waals surface area contributed by atoms with Crippen LogP contribution in [0.25, 0.3) is 0 Å². The minimum atomic E-state index is -0.575. The van der Waals surface area contributed by atoms with E-state index in [4.69, 9.17) is 5.73 Å². The van der Waals surface area contributed by atoms with Crippen molar-refractivity contribution in [2.24, 2.45) is 0 Å². The standard InChI is InChI=1S/C12H17N3O3/c1-7(2)14(4)12(16)9-5-8(3)6-10(11(9)13)15(17)18/h5-7H,13H2,1-4H3. The van der Waals surface area contributed by atoms with Gasteiger partial charge < -0.3 is 10.6 Å². The molecule has 6 heteroatoms. The van der Waals surface area contributed by atoms with Gasteiger partial charge in [-0.2, -0.15) is 0 Å². The lowest BCUT2D eigenvalue weighted by atomic mass is 10.1. The Kier molecular flexibility index (Phi) is 3.90. The number of hydrogen-bond donors (Lipinski definition) is 1. The number of rotatable bonds is 3. The summed E-state index contributed by atoms with van der Waals surface area (Å²) in [5.74, 6) is -0.311. The molecule has 0 spiro atoms. The fourth-order valence-corrected chi connectivity index (χ4v) is 1.53. The van der Waals surface area contributed by atoms with Crippen molar-refractivity contribution in [3.8, 4) is 0 Å². The predicted octanol–water partition coefficient (Wildman–Crippen LogP) is 1.97. The lowest BCUT2D eigenvalue weighted by Gasteiger charge is -2.22. The van der Waals surface area contributed by atoms with E-state index in [1.165, 1.54) is 11.0 Å². The first-order valence-electron chi connectivity index (χ1n) is 5.57. The first-order chi connectivity index (χ1) is 8.25. The Labute approximate surface area is 106 Å². The van der Waals surface area contributed by atoms with Crippen LogP contribution in [0.4, 0.5) is 11.4 Å². The molecule has 18 heavy (non-hydrogen) atoms. The maximum Gasteiger partial charge on any atom is 0.293 e.